The number of rotatable bonds is 5. The van der Waals surface area contributed by atoms with Crippen LogP contribution >= 0.6 is 11.6 Å². The summed E-state index contributed by atoms with van der Waals surface area (Å²) in [5.41, 5.74) is 1.52. The van der Waals surface area contributed by atoms with Crippen LogP contribution in [0.25, 0.3) is 0 Å². The van der Waals surface area contributed by atoms with Gasteiger partial charge in [0.25, 0.3) is 0 Å². The normalized spacial score (nSPS) is 10.0. The van der Waals surface area contributed by atoms with Crippen LogP contribution in [-0.4, -0.2) is 18.5 Å². The molecule has 6 heteroatoms. The number of anilines is 1. The van der Waals surface area contributed by atoms with Gasteiger partial charge in [-0.1, -0.05) is 35.9 Å². The Labute approximate surface area is 139 Å². The van der Waals surface area contributed by atoms with Gasteiger partial charge in [-0.3, -0.25) is 4.79 Å². The summed E-state index contributed by atoms with van der Waals surface area (Å²) in [6.07, 6.45) is 0.639. The van der Waals surface area contributed by atoms with Crippen LogP contribution in [0.3, 0.4) is 0 Å². The zero-order chi connectivity index (χ0) is 16.7. The van der Waals surface area contributed by atoms with Gasteiger partial charge in [-0.05, 0) is 30.2 Å². The number of amides is 2. The Hall–Kier alpha value is -2.53. The zero-order valence-corrected chi connectivity index (χ0v) is 13.4. The number of halogens is 1. The highest BCUT2D eigenvalue weighted by Crippen LogP contribution is 2.17. The maximum atomic E-state index is 11.9. The van der Waals surface area contributed by atoms with Gasteiger partial charge in [0.15, 0.2) is 0 Å². The number of carbonyl (C=O) groups is 2. The summed E-state index contributed by atoms with van der Waals surface area (Å²) in [7, 11) is 0. The predicted molar refractivity (Wildman–Crippen MR) is 89.9 cm³/mol. The summed E-state index contributed by atoms with van der Waals surface area (Å²) in [5, 5.41) is 6.12. The van der Waals surface area contributed by atoms with Crippen molar-refractivity contribution in [2.75, 3.05) is 11.9 Å². The fourth-order valence-electron chi connectivity index (χ4n) is 1.99. The third-order valence-corrected chi connectivity index (χ3v) is 3.36. The molecule has 0 fully saturated rings. The Morgan fingerprint density at radius 1 is 1.13 bits per heavy atom. The van der Waals surface area contributed by atoms with Gasteiger partial charge in [-0.2, -0.15) is 0 Å². The van der Waals surface area contributed by atoms with Crippen molar-refractivity contribution in [3.8, 4) is 5.75 Å². The van der Waals surface area contributed by atoms with Crippen molar-refractivity contribution in [3.05, 3.63) is 59.1 Å². The van der Waals surface area contributed by atoms with Crippen LogP contribution in [-0.2, 0) is 11.2 Å². The minimum Gasteiger partial charge on any atom is -0.427 e. The molecule has 2 rings (SSSR count). The minimum atomic E-state index is -0.411. The highest BCUT2D eigenvalue weighted by Gasteiger charge is 2.05. The second-order valence-corrected chi connectivity index (χ2v) is 5.25. The van der Waals surface area contributed by atoms with E-state index in [1.54, 1.807) is 24.3 Å². The summed E-state index contributed by atoms with van der Waals surface area (Å²) >= 11 is 6.06. The Morgan fingerprint density at radius 2 is 1.91 bits per heavy atom. The largest absolute Gasteiger partial charge is 0.427 e. The average Bonchev–Trinajstić information content (AvgIpc) is 2.49. The van der Waals surface area contributed by atoms with Crippen molar-refractivity contribution in [3.63, 3.8) is 0 Å². The maximum absolute atomic E-state index is 11.9. The number of hydrogen-bond donors (Lipinski definition) is 2. The first-order valence-electron chi connectivity index (χ1n) is 7.11. The summed E-state index contributed by atoms with van der Waals surface area (Å²) < 4.78 is 4.96. The SMILES string of the molecule is CC(=O)Oc1cccc(NC(=O)NCCc2ccccc2Cl)c1. The van der Waals surface area contributed by atoms with Crippen molar-refractivity contribution in [1.82, 2.24) is 5.32 Å². The quantitative estimate of drug-likeness (QED) is 0.649. The van der Waals surface area contributed by atoms with E-state index in [0.717, 1.165) is 5.56 Å². The number of esters is 1. The molecule has 0 heterocycles. The van der Waals surface area contributed by atoms with Crippen LogP contribution < -0.4 is 15.4 Å². The Bertz CT molecular complexity index is 704. The molecule has 0 unspecified atom stereocenters. The summed E-state index contributed by atoms with van der Waals surface area (Å²) in [6, 6.07) is 13.8. The fourth-order valence-corrected chi connectivity index (χ4v) is 2.22. The summed E-state index contributed by atoms with van der Waals surface area (Å²) in [6.45, 7) is 1.78. The molecular weight excluding hydrogens is 316 g/mol. The third-order valence-electron chi connectivity index (χ3n) is 2.99. The molecule has 2 amide bonds. The molecule has 23 heavy (non-hydrogen) atoms. The number of hydrogen-bond acceptors (Lipinski definition) is 3. The van der Waals surface area contributed by atoms with Gasteiger partial charge in [0, 0.05) is 30.2 Å². The van der Waals surface area contributed by atoms with Crippen molar-refractivity contribution in [2.24, 2.45) is 0 Å². The van der Waals surface area contributed by atoms with Crippen LogP contribution in [0.4, 0.5) is 10.5 Å². The van der Waals surface area contributed by atoms with E-state index in [1.165, 1.54) is 6.92 Å². The lowest BCUT2D eigenvalue weighted by molar-refractivity contribution is -0.131. The molecule has 0 aromatic heterocycles. The van der Waals surface area contributed by atoms with Gasteiger partial charge in [-0.25, -0.2) is 4.79 Å². The van der Waals surface area contributed by atoms with Crippen molar-refractivity contribution in [1.29, 1.82) is 0 Å². The number of carbonyl (C=O) groups excluding carboxylic acids is 2. The standard InChI is InChI=1S/C17H17ClN2O3/c1-12(21)23-15-7-4-6-14(11-15)20-17(22)19-10-9-13-5-2-3-8-16(13)18/h2-8,11H,9-10H2,1H3,(H2,19,20,22). The number of nitrogens with one attached hydrogen (secondary N) is 2. The first-order chi connectivity index (χ1) is 11.0. The monoisotopic (exact) mass is 332 g/mol. The molecule has 0 bridgehead atoms. The van der Waals surface area contributed by atoms with Gasteiger partial charge in [0.2, 0.25) is 0 Å². The lowest BCUT2D eigenvalue weighted by Crippen LogP contribution is -2.30. The van der Waals surface area contributed by atoms with Gasteiger partial charge in [0.05, 0.1) is 0 Å². The van der Waals surface area contributed by atoms with E-state index in [9.17, 15) is 9.59 Å². The summed E-state index contributed by atoms with van der Waals surface area (Å²) in [4.78, 5) is 22.8. The van der Waals surface area contributed by atoms with Crippen molar-refractivity contribution < 1.29 is 14.3 Å². The van der Waals surface area contributed by atoms with Crippen molar-refractivity contribution >= 4 is 29.3 Å². The molecule has 2 aromatic carbocycles. The zero-order valence-electron chi connectivity index (χ0n) is 12.6. The molecule has 5 nitrogen and oxygen atoms in total. The van der Waals surface area contributed by atoms with E-state index in [1.807, 2.05) is 24.3 Å². The molecule has 120 valence electrons. The molecule has 0 spiro atoms. The summed E-state index contributed by atoms with van der Waals surface area (Å²) in [5.74, 6) is -0.0299. The lowest BCUT2D eigenvalue weighted by atomic mass is 10.1. The van der Waals surface area contributed by atoms with E-state index < -0.39 is 5.97 Å². The van der Waals surface area contributed by atoms with E-state index in [-0.39, 0.29) is 6.03 Å². The first kappa shape index (κ1) is 16.8. The van der Waals surface area contributed by atoms with E-state index in [4.69, 9.17) is 16.3 Å². The number of benzene rings is 2. The minimum absolute atomic E-state index is 0.336. The first-order valence-corrected chi connectivity index (χ1v) is 7.49. The fraction of sp³-hybridized carbons (Fsp3) is 0.176. The number of urea groups is 1. The number of ether oxygens (including phenoxy) is 1. The third kappa shape index (κ3) is 5.64. The van der Waals surface area contributed by atoms with Gasteiger partial charge in [0.1, 0.15) is 5.75 Å². The van der Waals surface area contributed by atoms with Gasteiger partial charge >= 0.3 is 12.0 Å². The predicted octanol–water partition coefficient (Wildman–Crippen LogP) is 3.63. The van der Waals surface area contributed by atoms with Crippen LogP contribution in [0.5, 0.6) is 5.75 Å². The molecule has 0 aliphatic carbocycles. The molecule has 0 atom stereocenters. The molecule has 0 radical (unpaired) electrons. The molecule has 0 aliphatic rings. The second kappa shape index (κ2) is 8.19. The van der Waals surface area contributed by atoms with Crippen molar-refractivity contribution in [2.45, 2.75) is 13.3 Å². The van der Waals surface area contributed by atoms with Gasteiger partial charge < -0.3 is 15.4 Å². The average molecular weight is 333 g/mol. The Kier molecular flexibility index (Phi) is 6.00. The second-order valence-electron chi connectivity index (χ2n) is 4.84. The van der Waals surface area contributed by atoms with E-state index in [0.29, 0.717) is 29.4 Å². The molecule has 0 saturated carbocycles. The van der Waals surface area contributed by atoms with E-state index in [2.05, 4.69) is 10.6 Å². The molecule has 0 aliphatic heterocycles. The van der Waals surface area contributed by atoms with Crippen LogP contribution in [0.1, 0.15) is 12.5 Å². The van der Waals surface area contributed by atoms with Crippen LogP contribution in [0.2, 0.25) is 5.02 Å². The lowest BCUT2D eigenvalue weighted by Gasteiger charge is -2.09. The van der Waals surface area contributed by atoms with E-state index >= 15 is 0 Å². The maximum Gasteiger partial charge on any atom is 0.319 e. The molecule has 0 saturated heterocycles. The Balaban J connectivity index is 1.83. The highest BCUT2D eigenvalue weighted by atomic mass is 35.5. The van der Waals surface area contributed by atoms with Gasteiger partial charge in [-0.15, -0.1) is 0 Å². The molecule has 2 N–H and O–H groups in total. The van der Waals surface area contributed by atoms with Crippen LogP contribution in [0.15, 0.2) is 48.5 Å². The highest BCUT2D eigenvalue weighted by molar-refractivity contribution is 6.31. The molecule has 2 aromatic rings. The Morgan fingerprint density at radius 3 is 2.65 bits per heavy atom. The smallest absolute Gasteiger partial charge is 0.319 e. The molecular formula is C17H17ClN2O3. The topological polar surface area (TPSA) is 67.4 Å². The van der Waals surface area contributed by atoms with Crippen LogP contribution in [0, 0.1) is 0 Å².